The van der Waals surface area contributed by atoms with Crippen LogP contribution in [-0.2, 0) is 11.3 Å². The number of amides is 1. The summed E-state index contributed by atoms with van der Waals surface area (Å²) >= 11 is 0. The summed E-state index contributed by atoms with van der Waals surface area (Å²) in [6.07, 6.45) is 1.33. The minimum atomic E-state index is -0.434. The van der Waals surface area contributed by atoms with Gasteiger partial charge in [-0.25, -0.2) is 4.98 Å². The van der Waals surface area contributed by atoms with E-state index in [1.807, 2.05) is 32.0 Å². The molecule has 4 aromatic rings. The van der Waals surface area contributed by atoms with Crippen LogP contribution in [-0.4, -0.2) is 37.6 Å². The van der Waals surface area contributed by atoms with Crippen LogP contribution >= 0.6 is 0 Å². The average Bonchev–Trinajstić information content (AvgIpc) is 3.18. The number of carbonyl (C=O) groups excluding carboxylic acids is 1. The quantitative estimate of drug-likeness (QED) is 0.547. The summed E-state index contributed by atoms with van der Waals surface area (Å²) in [6, 6.07) is 12.8. The molecule has 0 aliphatic rings. The Kier molecular flexibility index (Phi) is 5.01. The zero-order chi connectivity index (χ0) is 21.3. The van der Waals surface area contributed by atoms with Crippen LogP contribution in [0.5, 0.6) is 5.75 Å². The van der Waals surface area contributed by atoms with Crippen LogP contribution in [0.15, 0.2) is 53.6 Å². The Labute approximate surface area is 171 Å². The topological polar surface area (TPSA) is 104 Å². The van der Waals surface area contributed by atoms with Crippen molar-refractivity contribution >= 4 is 22.8 Å². The number of benzene rings is 2. The zero-order valence-corrected chi connectivity index (χ0v) is 16.8. The first-order valence-corrected chi connectivity index (χ1v) is 9.29. The maximum atomic E-state index is 12.8. The molecule has 9 nitrogen and oxygen atoms in total. The predicted molar refractivity (Wildman–Crippen MR) is 112 cm³/mol. The molecule has 2 aromatic heterocycles. The highest BCUT2D eigenvalue weighted by atomic mass is 16.5. The molecule has 1 N–H and O–H groups in total. The highest BCUT2D eigenvalue weighted by Gasteiger charge is 2.15. The van der Waals surface area contributed by atoms with Gasteiger partial charge in [0.2, 0.25) is 5.91 Å². The molecule has 2 heterocycles. The van der Waals surface area contributed by atoms with Gasteiger partial charge in [-0.1, -0.05) is 17.3 Å². The monoisotopic (exact) mass is 404 g/mol. The van der Waals surface area contributed by atoms with E-state index in [0.717, 1.165) is 11.1 Å². The van der Waals surface area contributed by atoms with Gasteiger partial charge in [-0.2, -0.15) is 4.68 Å². The average molecular weight is 404 g/mol. The van der Waals surface area contributed by atoms with Crippen molar-refractivity contribution in [2.45, 2.75) is 20.4 Å². The van der Waals surface area contributed by atoms with E-state index in [2.05, 4.69) is 20.6 Å². The van der Waals surface area contributed by atoms with Crippen LogP contribution in [0.4, 0.5) is 5.69 Å². The molecule has 4 rings (SSSR count). The van der Waals surface area contributed by atoms with Gasteiger partial charge in [-0.3, -0.25) is 14.2 Å². The molecule has 0 bridgehead atoms. The van der Waals surface area contributed by atoms with Crippen molar-refractivity contribution in [3.8, 4) is 11.4 Å². The second-order valence-electron chi connectivity index (χ2n) is 6.84. The molecule has 0 saturated carbocycles. The van der Waals surface area contributed by atoms with Gasteiger partial charge < -0.3 is 10.1 Å². The molecular formula is C21H20N6O3. The van der Waals surface area contributed by atoms with E-state index < -0.39 is 5.56 Å². The number of carbonyl (C=O) groups is 1. The summed E-state index contributed by atoms with van der Waals surface area (Å²) in [5, 5.41) is 10.8. The minimum Gasteiger partial charge on any atom is -0.497 e. The Balaban J connectivity index is 1.60. The summed E-state index contributed by atoms with van der Waals surface area (Å²) in [4.78, 5) is 29.6. The maximum Gasteiger partial charge on any atom is 0.284 e. The molecule has 0 fully saturated rings. The van der Waals surface area contributed by atoms with Gasteiger partial charge in [-0.15, -0.1) is 5.10 Å². The summed E-state index contributed by atoms with van der Waals surface area (Å²) < 4.78 is 7.84. The first-order chi connectivity index (χ1) is 14.5. The number of anilines is 1. The van der Waals surface area contributed by atoms with Gasteiger partial charge >= 0.3 is 0 Å². The van der Waals surface area contributed by atoms with Crippen LogP contribution in [0.3, 0.4) is 0 Å². The number of hydrogen-bond donors (Lipinski definition) is 1. The lowest BCUT2D eigenvalue weighted by Gasteiger charge is -2.11. The van der Waals surface area contributed by atoms with E-state index in [0.29, 0.717) is 22.8 Å². The van der Waals surface area contributed by atoms with Gasteiger partial charge in [-0.05, 0) is 55.3 Å². The third kappa shape index (κ3) is 3.52. The van der Waals surface area contributed by atoms with Crippen molar-refractivity contribution in [1.29, 1.82) is 0 Å². The molecule has 1 amide bonds. The van der Waals surface area contributed by atoms with Crippen LogP contribution in [0.2, 0.25) is 0 Å². The molecule has 152 valence electrons. The van der Waals surface area contributed by atoms with E-state index >= 15 is 0 Å². The van der Waals surface area contributed by atoms with Gasteiger partial charge in [0.15, 0.2) is 11.2 Å². The van der Waals surface area contributed by atoms with Crippen LogP contribution < -0.4 is 15.6 Å². The molecule has 9 heteroatoms. The van der Waals surface area contributed by atoms with E-state index in [4.69, 9.17) is 4.74 Å². The van der Waals surface area contributed by atoms with E-state index in [9.17, 15) is 9.59 Å². The second kappa shape index (κ2) is 7.78. The first-order valence-electron chi connectivity index (χ1n) is 9.29. The number of aromatic nitrogens is 5. The zero-order valence-electron chi connectivity index (χ0n) is 16.8. The van der Waals surface area contributed by atoms with Crippen molar-refractivity contribution < 1.29 is 9.53 Å². The van der Waals surface area contributed by atoms with Crippen molar-refractivity contribution in [3.63, 3.8) is 0 Å². The Bertz CT molecular complexity index is 1290. The SMILES string of the molecule is COc1ccc(-n2nnc3c(=O)n(CC(=O)Nc4cccc(C)c4C)cnc32)cc1. The van der Waals surface area contributed by atoms with Crippen molar-refractivity contribution in [1.82, 2.24) is 24.5 Å². The van der Waals surface area contributed by atoms with Crippen LogP contribution in [0.25, 0.3) is 16.9 Å². The highest BCUT2D eigenvalue weighted by molar-refractivity contribution is 5.91. The standard InChI is InChI=1S/C21H20N6O3/c1-13-5-4-6-17(14(13)2)23-18(28)11-26-12-22-20-19(21(26)29)24-25-27(20)15-7-9-16(30-3)10-8-15/h4-10,12H,11H2,1-3H3,(H,23,28). The lowest BCUT2D eigenvalue weighted by Crippen LogP contribution is -2.28. The third-order valence-corrected chi connectivity index (χ3v) is 4.94. The van der Waals surface area contributed by atoms with Gasteiger partial charge in [0, 0.05) is 5.69 Å². The number of nitrogens with one attached hydrogen (secondary N) is 1. The molecule has 0 spiro atoms. The molecule has 0 atom stereocenters. The van der Waals surface area contributed by atoms with Gasteiger partial charge in [0.1, 0.15) is 18.6 Å². The number of ether oxygens (including phenoxy) is 1. The number of methoxy groups -OCH3 is 1. The highest BCUT2D eigenvalue weighted by Crippen LogP contribution is 2.18. The largest absolute Gasteiger partial charge is 0.497 e. The summed E-state index contributed by atoms with van der Waals surface area (Å²) in [5.74, 6) is 0.378. The fourth-order valence-electron chi connectivity index (χ4n) is 3.08. The molecule has 0 unspecified atom stereocenters. The lowest BCUT2D eigenvalue weighted by molar-refractivity contribution is -0.116. The molecule has 2 aromatic carbocycles. The molecule has 0 radical (unpaired) electrons. The third-order valence-electron chi connectivity index (χ3n) is 4.94. The van der Waals surface area contributed by atoms with Crippen molar-refractivity contribution in [2.24, 2.45) is 0 Å². The van der Waals surface area contributed by atoms with Gasteiger partial charge in [0.05, 0.1) is 12.8 Å². The fourth-order valence-corrected chi connectivity index (χ4v) is 3.08. The van der Waals surface area contributed by atoms with E-state index in [1.54, 1.807) is 31.4 Å². The number of fused-ring (bicyclic) bond motifs is 1. The Morgan fingerprint density at radius 3 is 2.63 bits per heavy atom. The van der Waals surface area contributed by atoms with E-state index in [-0.39, 0.29) is 18.0 Å². The number of aryl methyl sites for hydroxylation is 1. The Morgan fingerprint density at radius 1 is 1.13 bits per heavy atom. The number of rotatable bonds is 5. The molecular weight excluding hydrogens is 384 g/mol. The summed E-state index contributed by atoms with van der Waals surface area (Å²) in [5.41, 5.74) is 3.43. The normalized spacial score (nSPS) is 10.9. The smallest absolute Gasteiger partial charge is 0.284 e. The number of nitrogens with zero attached hydrogens (tertiary/aromatic N) is 5. The van der Waals surface area contributed by atoms with Gasteiger partial charge in [0.25, 0.3) is 5.56 Å². The van der Waals surface area contributed by atoms with E-state index in [1.165, 1.54) is 15.6 Å². The second-order valence-corrected chi connectivity index (χ2v) is 6.84. The lowest BCUT2D eigenvalue weighted by atomic mass is 10.1. The molecule has 0 aliphatic carbocycles. The van der Waals surface area contributed by atoms with Crippen molar-refractivity contribution in [2.75, 3.05) is 12.4 Å². The van der Waals surface area contributed by atoms with Crippen LogP contribution in [0, 0.1) is 13.8 Å². The number of hydrogen-bond acceptors (Lipinski definition) is 6. The summed E-state index contributed by atoms with van der Waals surface area (Å²) in [6.45, 7) is 3.73. The Hall–Kier alpha value is -4.01. The summed E-state index contributed by atoms with van der Waals surface area (Å²) in [7, 11) is 1.58. The molecule has 0 saturated heterocycles. The minimum absolute atomic E-state index is 0.0906. The fraction of sp³-hybridized carbons (Fsp3) is 0.190. The predicted octanol–water partition coefficient (Wildman–Crippen LogP) is 2.24. The molecule has 30 heavy (non-hydrogen) atoms. The maximum absolute atomic E-state index is 12.8. The Morgan fingerprint density at radius 2 is 1.90 bits per heavy atom. The van der Waals surface area contributed by atoms with Crippen molar-refractivity contribution in [3.05, 3.63) is 70.3 Å². The van der Waals surface area contributed by atoms with Crippen LogP contribution in [0.1, 0.15) is 11.1 Å². The molecule has 0 aliphatic heterocycles. The first kappa shape index (κ1) is 19.3.